The summed E-state index contributed by atoms with van der Waals surface area (Å²) < 4.78 is 7.05. The molecule has 0 aromatic rings. The average molecular weight is 236 g/mol. The van der Waals surface area contributed by atoms with Crippen LogP contribution in [0.5, 0.6) is 0 Å². The highest BCUT2D eigenvalue weighted by Crippen LogP contribution is 1.77. The van der Waals surface area contributed by atoms with E-state index in [2.05, 4.69) is 21.2 Å². The monoisotopic (exact) mass is 236 g/mol. The SMILES string of the molecule is C=CC(=O)OCC#CI. The van der Waals surface area contributed by atoms with Crippen molar-refractivity contribution in [1.29, 1.82) is 0 Å². The first-order valence-corrected chi connectivity index (χ1v) is 3.27. The number of halogens is 1. The molecule has 9 heavy (non-hydrogen) atoms. The lowest BCUT2D eigenvalue weighted by molar-refractivity contribution is -0.136. The molecule has 0 aliphatic rings. The van der Waals surface area contributed by atoms with Gasteiger partial charge >= 0.3 is 5.97 Å². The van der Waals surface area contributed by atoms with E-state index in [9.17, 15) is 4.79 Å². The number of esters is 1. The zero-order valence-corrected chi connectivity index (χ0v) is 6.84. The zero-order chi connectivity index (χ0) is 7.11. The molecule has 0 aliphatic carbocycles. The smallest absolute Gasteiger partial charge is 0.331 e. The molecule has 0 unspecified atom stereocenters. The minimum Gasteiger partial charge on any atom is -0.449 e. The van der Waals surface area contributed by atoms with Crippen molar-refractivity contribution in [3.8, 4) is 9.85 Å². The van der Waals surface area contributed by atoms with Crippen molar-refractivity contribution in [3.05, 3.63) is 12.7 Å². The molecule has 0 aliphatic heterocycles. The van der Waals surface area contributed by atoms with Crippen LogP contribution in [0.25, 0.3) is 0 Å². The van der Waals surface area contributed by atoms with Crippen molar-refractivity contribution >= 4 is 28.6 Å². The van der Waals surface area contributed by atoms with Gasteiger partial charge in [0.05, 0.1) is 0 Å². The molecule has 0 aromatic carbocycles. The second kappa shape index (κ2) is 5.63. The van der Waals surface area contributed by atoms with Crippen LogP contribution in [-0.4, -0.2) is 12.6 Å². The topological polar surface area (TPSA) is 26.3 Å². The highest BCUT2D eigenvalue weighted by Gasteiger charge is 1.88. The van der Waals surface area contributed by atoms with Crippen molar-refractivity contribution in [2.45, 2.75) is 0 Å². The van der Waals surface area contributed by atoms with E-state index in [4.69, 9.17) is 0 Å². The fourth-order valence-corrected chi connectivity index (χ4v) is 0.349. The molecule has 0 amide bonds. The Bertz CT molecular complexity index is 164. The standard InChI is InChI=1S/C6H5IO2/c1-2-6(8)9-5-3-4-7/h2H,1,5H2. The molecular formula is C6H5IO2. The van der Waals surface area contributed by atoms with Crippen molar-refractivity contribution in [2.24, 2.45) is 0 Å². The van der Waals surface area contributed by atoms with Gasteiger partial charge in [0.15, 0.2) is 6.61 Å². The molecule has 0 spiro atoms. The minimum absolute atomic E-state index is 0.147. The van der Waals surface area contributed by atoms with Gasteiger partial charge in [-0.25, -0.2) is 4.79 Å². The van der Waals surface area contributed by atoms with Crippen molar-refractivity contribution in [1.82, 2.24) is 0 Å². The summed E-state index contributed by atoms with van der Waals surface area (Å²) in [7, 11) is 0. The minimum atomic E-state index is -0.436. The van der Waals surface area contributed by atoms with Crippen LogP contribution in [0.4, 0.5) is 0 Å². The summed E-state index contributed by atoms with van der Waals surface area (Å²) in [5, 5.41) is 0. The highest BCUT2D eigenvalue weighted by molar-refractivity contribution is 14.1. The lowest BCUT2D eigenvalue weighted by atomic mass is 10.6. The Morgan fingerprint density at radius 2 is 2.56 bits per heavy atom. The molecule has 0 bridgehead atoms. The lowest BCUT2D eigenvalue weighted by Gasteiger charge is -1.90. The van der Waals surface area contributed by atoms with E-state index in [0.29, 0.717) is 0 Å². The van der Waals surface area contributed by atoms with Gasteiger partial charge in [-0.05, 0) is 3.93 Å². The van der Waals surface area contributed by atoms with E-state index >= 15 is 0 Å². The van der Waals surface area contributed by atoms with Crippen LogP contribution < -0.4 is 0 Å². The van der Waals surface area contributed by atoms with Crippen molar-refractivity contribution < 1.29 is 9.53 Å². The third-order valence-corrected chi connectivity index (χ3v) is 0.901. The fraction of sp³-hybridized carbons (Fsp3) is 0.167. The van der Waals surface area contributed by atoms with Gasteiger partial charge in [-0.1, -0.05) is 12.5 Å². The van der Waals surface area contributed by atoms with Gasteiger partial charge in [0.25, 0.3) is 0 Å². The summed E-state index contributed by atoms with van der Waals surface area (Å²) in [5.41, 5.74) is 0. The number of ether oxygens (including phenoxy) is 1. The summed E-state index contributed by atoms with van der Waals surface area (Å²) in [6.45, 7) is 3.36. The van der Waals surface area contributed by atoms with Crippen LogP contribution in [-0.2, 0) is 9.53 Å². The first-order chi connectivity index (χ1) is 4.31. The fourth-order valence-electron chi connectivity index (χ4n) is 0.193. The molecule has 2 nitrogen and oxygen atoms in total. The van der Waals surface area contributed by atoms with Gasteiger partial charge in [0.1, 0.15) is 0 Å². The molecule has 3 heteroatoms. The van der Waals surface area contributed by atoms with Crippen LogP contribution in [0.15, 0.2) is 12.7 Å². The highest BCUT2D eigenvalue weighted by atomic mass is 127. The van der Waals surface area contributed by atoms with Crippen LogP contribution in [0, 0.1) is 9.85 Å². The van der Waals surface area contributed by atoms with Gasteiger partial charge in [-0.15, -0.1) is 0 Å². The summed E-state index contributed by atoms with van der Waals surface area (Å²) in [6.07, 6.45) is 1.11. The molecule has 0 atom stereocenters. The zero-order valence-electron chi connectivity index (χ0n) is 4.69. The van der Waals surface area contributed by atoms with E-state index in [1.54, 1.807) is 0 Å². The van der Waals surface area contributed by atoms with E-state index in [1.807, 2.05) is 22.6 Å². The summed E-state index contributed by atoms with van der Waals surface area (Å²) in [5.74, 6) is 2.12. The summed E-state index contributed by atoms with van der Waals surface area (Å²) >= 11 is 1.87. The molecule has 0 aromatic heterocycles. The van der Waals surface area contributed by atoms with Crippen LogP contribution in [0.3, 0.4) is 0 Å². The lowest BCUT2D eigenvalue weighted by Crippen LogP contribution is -1.98. The predicted octanol–water partition coefficient (Wildman–Crippen LogP) is 1.11. The molecule has 0 saturated carbocycles. The largest absolute Gasteiger partial charge is 0.449 e. The molecule has 0 heterocycles. The molecule has 0 N–H and O–H groups in total. The van der Waals surface area contributed by atoms with E-state index in [1.165, 1.54) is 0 Å². The number of rotatable bonds is 2. The molecule has 0 fully saturated rings. The van der Waals surface area contributed by atoms with Gasteiger partial charge < -0.3 is 4.74 Å². The normalized spacial score (nSPS) is 6.78. The molecule has 48 valence electrons. The van der Waals surface area contributed by atoms with Gasteiger partial charge in [0.2, 0.25) is 0 Å². The van der Waals surface area contributed by atoms with Crippen LogP contribution >= 0.6 is 22.6 Å². The Labute approximate surface area is 67.4 Å². The maximum Gasteiger partial charge on any atom is 0.331 e. The average Bonchev–Trinajstić information content (AvgIpc) is 1.89. The van der Waals surface area contributed by atoms with Gasteiger partial charge in [-0.3, -0.25) is 0 Å². The Morgan fingerprint density at radius 3 is 3.00 bits per heavy atom. The maximum absolute atomic E-state index is 10.3. The van der Waals surface area contributed by atoms with Crippen molar-refractivity contribution in [2.75, 3.05) is 6.61 Å². The number of carbonyl (C=O) groups is 1. The second-order valence-electron chi connectivity index (χ2n) is 1.08. The Morgan fingerprint density at radius 1 is 1.89 bits per heavy atom. The quantitative estimate of drug-likeness (QED) is 0.310. The van der Waals surface area contributed by atoms with Gasteiger partial charge in [-0.2, -0.15) is 0 Å². The Balaban J connectivity index is 3.35. The van der Waals surface area contributed by atoms with Crippen LogP contribution in [0.1, 0.15) is 0 Å². The predicted molar refractivity (Wildman–Crippen MR) is 43.0 cm³/mol. The molecule has 0 radical (unpaired) electrons. The second-order valence-corrected chi connectivity index (χ2v) is 1.62. The number of carbonyl (C=O) groups excluding carboxylic acids is 1. The van der Waals surface area contributed by atoms with Crippen LogP contribution in [0.2, 0.25) is 0 Å². The maximum atomic E-state index is 10.3. The Hall–Kier alpha value is -0.500. The third kappa shape index (κ3) is 5.37. The van der Waals surface area contributed by atoms with E-state index in [-0.39, 0.29) is 6.61 Å². The summed E-state index contributed by atoms with van der Waals surface area (Å²) in [6, 6.07) is 0. The first kappa shape index (κ1) is 8.50. The molecule has 0 saturated heterocycles. The number of hydrogen-bond acceptors (Lipinski definition) is 2. The van der Waals surface area contributed by atoms with E-state index in [0.717, 1.165) is 6.08 Å². The first-order valence-electron chi connectivity index (χ1n) is 2.19. The Kier molecular flexibility index (Phi) is 5.32. The number of hydrogen-bond donors (Lipinski definition) is 0. The summed E-state index contributed by atoms with van der Waals surface area (Å²) in [4.78, 5) is 10.3. The van der Waals surface area contributed by atoms with Gasteiger partial charge in [0, 0.05) is 28.7 Å². The van der Waals surface area contributed by atoms with E-state index < -0.39 is 5.97 Å². The van der Waals surface area contributed by atoms with Crippen molar-refractivity contribution in [3.63, 3.8) is 0 Å². The molecular weight excluding hydrogens is 231 g/mol. The molecule has 0 rings (SSSR count). The third-order valence-electron chi connectivity index (χ3n) is 0.520.